The van der Waals surface area contributed by atoms with Crippen molar-refractivity contribution in [2.24, 2.45) is 19.5 Å². The van der Waals surface area contributed by atoms with E-state index in [0.717, 1.165) is 4.57 Å². The molecule has 6 heteroatoms. The Bertz CT molecular complexity index is 566. The highest BCUT2D eigenvalue weighted by atomic mass is 16.3. The lowest BCUT2D eigenvalue weighted by atomic mass is 9.85. The zero-order valence-corrected chi connectivity index (χ0v) is 12.9. The molecule has 1 rings (SSSR count). The van der Waals surface area contributed by atoms with Crippen molar-refractivity contribution in [3.63, 3.8) is 0 Å². The second-order valence-electron chi connectivity index (χ2n) is 6.22. The predicted octanol–water partition coefficient (Wildman–Crippen LogP) is -0.0293. The molecule has 2 N–H and O–H groups in total. The molecule has 0 fully saturated rings. The number of aliphatic hydroxyl groups excluding tert-OH is 1. The molecular weight excluding hydrogens is 258 g/mol. The van der Waals surface area contributed by atoms with Gasteiger partial charge < -0.3 is 15.0 Å². The SMILES string of the molecule is Cn1cc(CNC(CCO)C(C)(C)C)c(=O)n(C)c1=O. The minimum absolute atomic E-state index is 0.0192. The van der Waals surface area contributed by atoms with Crippen molar-refractivity contribution in [2.45, 2.75) is 39.8 Å². The van der Waals surface area contributed by atoms with Gasteiger partial charge in [-0.15, -0.1) is 0 Å². The van der Waals surface area contributed by atoms with Crippen LogP contribution >= 0.6 is 0 Å². The Labute approximate surface area is 119 Å². The average molecular weight is 283 g/mol. The van der Waals surface area contributed by atoms with E-state index < -0.39 is 0 Å². The highest BCUT2D eigenvalue weighted by Crippen LogP contribution is 2.21. The third-order valence-corrected chi connectivity index (χ3v) is 3.52. The fraction of sp³-hybridized carbons (Fsp3) is 0.714. The summed E-state index contributed by atoms with van der Waals surface area (Å²) < 4.78 is 2.51. The van der Waals surface area contributed by atoms with Gasteiger partial charge in [-0.3, -0.25) is 9.36 Å². The number of aromatic nitrogens is 2. The van der Waals surface area contributed by atoms with Crippen molar-refractivity contribution in [2.75, 3.05) is 6.61 Å². The molecule has 1 aromatic heterocycles. The van der Waals surface area contributed by atoms with Crippen molar-refractivity contribution >= 4 is 0 Å². The van der Waals surface area contributed by atoms with E-state index in [0.29, 0.717) is 18.5 Å². The number of aryl methyl sites for hydroxylation is 1. The van der Waals surface area contributed by atoms with E-state index in [4.69, 9.17) is 5.11 Å². The van der Waals surface area contributed by atoms with E-state index in [1.165, 1.54) is 11.6 Å². The highest BCUT2D eigenvalue weighted by molar-refractivity contribution is 5.05. The van der Waals surface area contributed by atoms with Gasteiger partial charge in [-0.1, -0.05) is 20.8 Å². The van der Waals surface area contributed by atoms with Gasteiger partial charge in [-0.25, -0.2) is 4.79 Å². The molecule has 0 saturated heterocycles. The van der Waals surface area contributed by atoms with E-state index in [1.54, 1.807) is 13.2 Å². The molecule has 0 aromatic carbocycles. The van der Waals surface area contributed by atoms with Gasteiger partial charge in [-0.2, -0.15) is 0 Å². The number of nitrogens with one attached hydrogen (secondary N) is 1. The topological polar surface area (TPSA) is 76.3 Å². The number of nitrogens with zero attached hydrogens (tertiary/aromatic N) is 2. The zero-order valence-electron chi connectivity index (χ0n) is 12.9. The molecule has 0 amide bonds. The lowest BCUT2D eigenvalue weighted by Crippen LogP contribution is -2.44. The molecular formula is C14H25N3O3. The van der Waals surface area contributed by atoms with Gasteiger partial charge in [-0.05, 0) is 11.8 Å². The molecule has 1 unspecified atom stereocenters. The Morgan fingerprint density at radius 2 is 1.90 bits per heavy atom. The number of rotatable bonds is 5. The van der Waals surface area contributed by atoms with Crippen molar-refractivity contribution < 1.29 is 5.11 Å². The molecule has 0 aliphatic rings. The highest BCUT2D eigenvalue weighted by Gasteiger charge is 2.23. The third kappa shape index (κ3) is 3.80. The Balaban J connectivity index is 2.95. The van der Waals surface area contributed by atoms with E-state index >= 15 is 0 Å². The summed E-state index contributed by atoms with van der Waals surface area (Å²) in [5.41, 5.74) is -0.0882. The monoisotopic (exact) mass is 283 g/mol. The summed E-state index contributed by atoms with van der Waals surface area (Å²) in [6.07, 6.45) is 2.19. The molecule has 0 aliphatic carbocycles. The lowest BCUT2D eigenvalue weighted by molar-refractivity contribution is 0.196. The van der Waals surface area contributed by atoms with Crippen molar-refractivity contribution in [1.29, 1.82) is 0 Å². The molecule has 114 valence electrons. The Hall–Kier alpha value is -1.40. The van der Waals surface area contributed by atoms with Crippen LogP contribution in [-0.2, 0) is 20.6 Å². The first-order valence-corrected chi connectivity index (χ1v) is 6.78. The molecule has 20 heavy (non-hydrogen) atoms. The van der Waals surface area contributed by atoms with Crippen LogP contribution in [0.1, 0.15) is 32.8 Å². The van der Waals surface area contributed by atoms with E-state index in [9.17, 15) is 9.59 Å². The van der Waals surface area contributed by atoms with Gasteiger partial charge in [0.2, 0.25) is 0 Å². The maximum Gasteiger partial charge on any atom is 0.330 e. The standard InChI is InChI=1S/C14H25N3O3/c1-14(2,3)11(6-7-18)15-8-10-9-16(4)13(20)17(5)12(10)19/h9,11,15,18H,6-8H2,1-5H3. The maximum atomic E-state index is 12.0. The predicted molar refractivity (Wildman–Crippen MR) is 78.7 cm³/mol. The lowest BCUT2D eigenvalue weighted by Gasteiger charge is -2.31. The van der Waals surface area contributed by atoms with Crippen LogP contribution in [-0.4, -0.2) is 26.9 Å². The van der Waals surface area contributed by atoms with Gasteiger partial charge >= 0.3 is 5.69 Å². The fourth-order valence-electron chi connectivity index (χ4n) is 2.21. The number of hydrogen-bond acceptors (Lipinski definition) is 4. The molecule has 6 nitrogen and oxygen atoms in total. The van der Waals surface area contributed by atoms with Gasteiger partial charge in [0.15, 0.2) is 0 Å². The molecule has 1 aromatic rings. The van der Waals surface area contributed by atoms with Crippen LogP contribution < -0.4 is 16.6 Å². The largest absolute Gasteiger partial charge is 0.396 e. The fourth-order valence-corrected chi connectivity index (χ4v) is 2.21. The summed E-state index contributed by atoms with van der Waals surface area (Å²) in [4.78, 5) is 23.6. The molecule has 0 saturated carbocycles. The van der Waals surface area contributed by atoms with E-state index in [-0.39, 0.29) is 29.3 Å². The van der Waals surface area contributed by atoms with Gasteiger partial charge in [0, 0.05) is 45.0 Å². The zero-order chi connectivity index (χ0) is 15.5. The second-order valence-corrected chi connectivity index (χ2v) is 6.22. The molecule has 1 atom stereocenters. The van der Waals surface area contributed by atoms with Crippen molar-refractivity contribution in [3.05, 3.63) is 32.6 Å². The Morgan fingerprint density at radius 3 is 2.40 bits per heavy atom. The smallest absolute Gasteiger partial charge is 0.330 e. The Kier molecular flexibility index (Phi) is 5.30. The summed E-state index contributed by atoms with van der Waals surface area (Å²) in [6, 6.07) is 0.0921. The third-order valence-electron chi connectivity index (χ3n) is 3.52. The summed E-state index contributed by atoms with van der Waals surface area (Å²) in [5, 5.41) is 12.4. The van der Waals surface area contributed by atoms with Crippen LogP contribution in [0.25, 0.3) is 0 Å². The first-order valence-electron chi connectivity index (χ1n) is 6.78. The molecule has 0 aliphatic heterocycles. The molecule has 1 heterocycles. The van der Waals surface area contributed by atoms with Gasteiger partial charge in [0.1, 0.15) is 0 Å². The normalized spacial score (nSPS) is 13.5. The van der Waals surface area contributed by atoms with Crippen LogP contribution in [0, 0.1) is 5.41 Å². The average Bonchev–Trinajstić information content (AvgIpc) is 2.36. The second kappa shape index (κ2) is 6.37. The first kappa shape index (κ1) is 16.7. The van der Waals surface area contributed by atoms with Gasteiger partial charge in [0.25, 0.3) is 5.56 Å². The summed E-state index contributed by atoms with van der Waals surface area (Å²) in [6.45, 7) is 6.72. The van der Waals surface area contributed by atoms with Crippen LogP contribution in [0.3, 0.4) is 0 Å². The van der Waals surface area contributed by atoms with Crippen LogP contribution in [0.4, 0.5) is 0 Å². The first-order chi connectivity index (χ1) is 9.18. The Morgan fingerprint density at radius 1 is 1.30 bits per heavy atom. The van der Waals surface area contributed by atoms with E-state index in [2.05, 4.69) is 26.1 Å². The van der Waals surface area contributed by atoms with Gasteiger partial charge in [0.05, 0.1) is 0 Å². The number of hydrogen-bond donors (Lipinski definition) is 2. The molecule has 0 bridgehead atoms. The molecule has 0 spiro atoms. The minimum atomic E-state index is -0.332. The minimum Gasteiger partial charge on any atom is -0.396 e. The summed E-state index contributed by atoms with van der Waals surface area (Å²) in [7, 11) is 3.10. The summed E-state index contributed by atoms with van der Waals surface area (Å²) in [5.74, 6) is 0. The van der Waals surface area contributed by atoms with Crippen molar-refractivity contribution in [1.82, 2.24) is 14.5 Å². The van der Waals surface area contributed by atoms with Crippen LogP contribution in [0.5, 0.6) is 0 Å². The number of aliphatic hydroxyl groups is 1. The van der Waals surface area contributed by atoms with Crippen molar-refractivity contribution in [3.8, 4) is 0 Å². The van der Waals surface area contributed by atoms with E-state index in [1.807, 2.05) is 0 Å². The quantitative estimate of drug-likeness (QED) is 0.796. The molecule has 0 radical (unpaired) electrons. The van der Waals surface area contributed by atoms with Crippen LogP contribution in [0.2, 0.25) is 0 Å². The maximum absolute atomic E-state index is 12.0. The summed E-state index contributed by atoms with van der Waals surface area (Å²) >= 11 is 0. The van der Waals surface area contributed by atoms with Crippen LogP contribution in [0.15, 0.2) is 15.8 Å².